The molecule has 6 heavy (non-hydrogen) atoms. The standard InChI is InChI=1S/C4H8P.Li/c1-2-4-5-3-1;/h1-4H2;/q-1;+1. The first kappa shape index (κ1) is 7.03. The Balaban J connectivity index is 0.000000250. The summed E-state index contributed by atoms with van der Waals surface area (Å²) in [5.41, 5.74) is 0. The predicted octanol–water partition coefficient (Wildman–Crippen LogP) is -1.27. The SMILES string of the molecule is C1CC[P-]C1.[Li+]. The molecule has 1 aliphatic rings. The second-order valence-electron chi connectivity index (χ2n) is 1.38. The van der Waals surface area contributed by atoms with E-state index in [1.165, 1.54) is 25.2 Å². The van der Waals surface area contributed by atoms with Crippen molar-refractivity contribution in [3.05, 3.63) is 0 Å². The molecule has 0 atom stereocenters. The van der Waals surface area contributed by atoms with Gasteiger partial charge in [-0.05, 0) is 0 Å². The first-order valence-corrected chi connectivity index (χ1v) is 3.40. The van der Waals surface area contributed by atoms with Crippen LogP contribution in [0, 0.1) is 0 Å². The van der Waals surface area contributed by atoms with Crippen LogP contribution >= 0.6 is 8.58 Å². The molecule has 1 fully saturated rings. The minimum atomic E-state index is 0. The summed E-state index contributed by atoms with van der Waals surface area (Å²) >= 11 is 0. The molecule has 0 radical (unpaired) electrons. The molecule has 1 aliphatic heterocycles. The molecule has 0 aliphatic carbocycles. The van der Waals surface area contributed by atoms with Gasteiger partial charge in [0.15, 0.2) is 0 Å². The molecule has 0 bridgehead atoms. The summed E-state index contributed by atoms with van der Waals surface area (Å²) < 4.78 is 0. The van der Waals surface area contributed by atoms with Gasteiger partial charge in [0.2, 0.25) is 0 Å². The van der Waals surface area contributed by atoms with Gasteiger partial charge >= 0.3 is 18.9 Å². The zero-order chi connectivity index (χ0) is 3.54. The second kappa shape index (κ2) is 4.19. The molecule has 0 unspecified atom stereocenters. The molecular weight excluding hydrogens is 86.0 g/mol. The van der Waals surface area contributed by atoms with E-state index in [1.54, 1.807) is 8.58 Å². The van der Waals surface area contributed by atoms with Gasteiger partial charge in [0, 0.05) is 0 Å². The molecule has 0 aromatic heterocycles. The molecule has 30 valence electrons. The molecule has 0 aromatic rings. The number of hydrogen-bond acceptors (Lipinski definition) is 0. The van der Waals surface area contributed by atoms with E-state index in [9.17, 15) is 0 Å². The Morgan fingerprint density at radius 2 is 1.50 bits per heavy atom. The average molecular weight is 94.0 g/mol. The second-order valence-corrected chi connectivity index (χ2v) is 2.72. The molecule has 0 spiro atoms. The fourth-order valence-electron chi connectivity index (χ4n) is 0.559. The van der Waals surface area contributed by atoms with Gasteiger partial charge in [0.1, 0.15) is 0 Å². The molecule has 1 saturated heterocycles. The third-order valence-electron chi connectivity index (χ3n) is 0.882. The quantitative estimate of drug-likeness (QED) is 0.259. The van der Waals surface area contributed by atoms with E-state index in [2.05, 4.69) is 0 Å². The van der Waals surface area contributed by atoms with Crippen LogP contribution in [-0.4, -0.2) is 12.3 Å². The van der Waals surface area contributed by atoms with Crippen LogP contribution in [0.4, 0.5) is 0 Å². The summed E-state index contributed by atoms with van der Waals surface area (Å²) in [6.07, 6.45) is 5.92. The first-order chi connectivity index (χ1) is 2.50. The van der Waals surface area contributed by atoms with Gasteiger partial charge in [-0.15, -0.1) is 0 Å². The summed E-state index contributed by atoms with van der Waals surface area (Å²) in [5, 5.41) is 0. The van der Waals surface area contributed by atoms with Crippen molar-refractivity contribution >= 4 is 8.58 Å². The van der Waals surface area contributed by atoms with Crippen LogP contribution in [0.2, 0.25) is 0 Å². The van der Waals surface area contributed by atoms with Gasteiger partial charge in [-0.25, -0.2) is 0 Å². The molecule has 0 amide bonds. The average Bonchev–Trinajstić information content (AvgIpc) is 1.76. The molecular formula is C4H8LiP. The molecule has 1 heterocycles. The van der Waals surface area contributed by atoms with Crippen LogP contribution in [0.3, 0.4) is 0 Å². The van der Waals surface area contributed by atoms with Crippen molar-refractivity contribution in [3.8, 4) is 0 Å². The van der Waals surface area contributed by atoms with Crippen LogP contribution in [-0.2, 0) is 0 Å². The van der Waals surface area contributed by atoms with Crippen LogP contribution < -0.4 is 18.9 Å². The molecule has 1 rings (SSSR count). The third-order valence-corrected chi connectivity index (χ3v) is 2.15. The van der Waals surface area contributed by atoms with Crippen molar-refractivity contribution in [1.82, 2.24) is 0 Å². The van der Waals surface area contributed by atoms with Crippen molar-refractivity contribution in [1.29, 1.82) is 0 Å². The fourth-order valence-corrected chi connectivity index (χ4v) is 1.68. The van der Waals surface area contributed by atoms with Crippen LogP contribution in [0.25, 0.3) is 0 Å². The molecule has 2 heteroatoms. The summed E-state index contributed by atoms with van der Waals surface area (Å²) in [7, 11) is 1.69. The van der Waals surface area contributed by atoms with Crippen molar-refractivity contribution in [2.45, 2.75) is 12.8 Å². The minimum absolute atomic E-state index is 0. The van der Waals surface area contributed by atoms with Gasteiger partial charge in [0.05, 0.1) is 0 Å². The van der Waals surface area contributed by atoms with Gasteiger partial charge in [-0.2, -0.15) is 12.3 Å². The third kappa shape index (κ3) is 2.24. The van der Waals surface area contributed by atoms with Gasteiger partial charge in [0.25, 0.3) is 0 Å². The van der Waals surface area contributed by atoms with E-state index in [0.29, 0.717) is 0 Å². The van der Waals surface area contributed by atoms with E-state index < -0.39 is 0 Å². The molecule has 0 N–H and O–H groups in total. The van der Waals surface area contributed by atoms with Crippen LogP contribution in [0.15, 0.2) is 0 Å². The normalized spacial score (nSPS) is 20.0. The van der Waals surface area contributed by atoms with E-state index in [4.69, 9.17) is 0 Å². The zero-order valence-corrected chi connectivity index (χ0v) is 5.17. The van der Waals surface area contributed by atoms with E-state index in [1.807, 2.05) is 0 Å². The Morgan fingerprint density at radius 3 is 1.67 bits per heavy atom. The van der Waals surface area contributed by atoms with Gasteiger partial charge < -0.3 is 8.58 Å². The van der Waals surface area contributed by atoms with E-state index in [-0.39, 0.29) is 18.9 Å². The Bertz CT molecular complexity index is 19.1. The molecule has 0 saturated carbocycles. The van der Waals surface area contributed by atoms with Crippen molar-refractivity contribution in [3.63, 3.8) is 0 Å². The maximum absolute atomic E-state index is 1.69. The largest absolute Gasteiger partial charge is 1.00 e. The Labute approximate surface area is 53.0 Å². The predicted molar refractivity (Wildman–Crippen MR) is 25.9 cm³/mol. The Hall–Kier alpha value is 1.03. The van der Waals surface area contributed by atoms with Crippen LogP contribution in [0.5, 0.6) is 0 Å². The van der Waals surface area contributed by atoms with E-state index >= 15 is 0 Å². The Morgan fingerprint density at radius 1 is 1.00 bits per heavy atom. The smallest absolute Gasteiger partial charge is 0.540 e. The summed E-state index contributed by atoms with van der Waals surface area (Å²) in [5.74, 6) is 0. The summed E-state index contributed by atoms with van der Waals surface area (Å²) in [6, 6.07) is 0. The Kier molecular flexibility index (Phi) is 4.91. The minimum Gasteiger partial charge on any atom is -0.540 e. The first-order valence-electron chi connectivity index (χ1n) is 2.13. The van der Waals surface area contributed by atoms with Crippen molar-refractivity contribution < 1.29 is 18.9 Å². The van der Waals surface area contributed by atoms with Crippen LogP contribution in [0.1, 0.15) is 12.8 Å². The van der Waals surface area contributed by atoms with Crippen molar-refractivity contribution in [2.24, 2.45) is 0 Å². The van der Waals surface area contributed by atoms with Gasteiger partial charge in [-0.3, -0.25) is 0 Å². The number of hydrogen-bond donors (Lipinski definition) is 0. The molecule has 0 nitrogen and oxygen atoms in total. The topological polar surface area (TPSA) is 0 Å². The van der Waals surface area contributed by atoms with Crippen molar-refractivity contribution in [2.75, 3.05) is 12.3 Å². The maximum atomic E-state index is 1.69. The monoisotopic (exact) mass is 94.1 g/mol. The number of rotatable bonds is 0. The summed E-state index contributed by atoms with van der Waals surface area (Å²) in [4.78, 5) is 0. The summed E-state index contributed by atoms with van der Waals surface area (Å²) in [6.45, 7) is 0. The molecule has 0 aromatic carbocycles. The fraction of sp³-hybridized carbons (Fsp3) is 1.00. The van der Waals surface area contributed by atoms with Gasteiger partial charge in [-0.1, -0.05) is 12.8 Å². The zero-order valence-electron chi connectivity index (χ0n) is 4.28. The van der Waals surface area contributed by atoms with E-state index in [0.717, 1.165) is 0 Å². The maximum Gasteiger partial charge on any atom is 1.00 e.